The minimum Gasteiger partial charge on any atom is -0.480 e. The molecule has 4 unspecified atom stereocenters. The van der Waals surface area contributed by atoms with Crippen molar-refractivity contribution < 1.29 is 24.3 Å². The monoisotopic (exact) mass is 512 g/mol. The molecule has 1 fully saturated rings. The topological polar surface area (TPSA) is 171 Å². The minimum absolute atomic E-state index is 0.0419. The maximum Gasteiger partial charge on any atom is 0.326 e. The number of imidazole rings is 1. The van der Waals surface area contributed by atoms with Gasteiger partial charge in [-0.2, -0.15) is 0 Å². The molecule has 4 atom stereocenters. The van der Waals surface area contributed by atoms with Gasteiger partial charge in [-0.25, -0.2) is 9.78 Å². The minimum atomic E-state index is -1.14. The molecule has 1 aliphatic heterocycles. The van der Waals surface area contributed by atoms with Gasteiger partial charge in [-0.15, -0.1) is 0 Å². The van der Waals surface area contributed by atoms with Crippen molar-refractivity contribution in [1.29, 1.82) is 0 Å². The Morgan fingerprint density at radius 3 is 2.49 bits per heavy atom. The molecule has 1 aromatic carbocycles. The Hall–Kier alpha value is -3.73. The van der Waals surface area contributed by atoms with Crippen molar-refractivity contribution in [3.05, 3.63) is 54.1 Å². The van der Waals surface area contributed by atoms with E-state index in [4.69, 9.17) is 5.73 Å². The van der Waals surface area contributed by atoms with E-state index in [-0.39, 0.29) is 24.7 Å². The van der Waals surface area contributed by atoms with Gasteiger partial charge in [0.15, 0.2) is 0 Å². The lowest BCUT2D eigenvalue weighted by Crippen LogP contribution is -2.57. The number of carboxylic acid groups (broad SMARTS) is 1. The maximum atomic E-state index is 13.3. The molecule has 1 aromatic heterocycles. The summed E-state index contributed by atoms with van der Waals surface area (Å²) in [5.41, 5.74) is 7.72. The van der Waals surface area contributed by atoms with Crippen molar-refractivity contribution in [2.75, 3.05) is 6.54 Å². The molecule has 2 heterocycles. The molecule has 0 saturated carbocycles. The average Bonchev–Trinajstić information content (AvgIpc) is 3.55. The highest BCUT2D eigenvalue weighted by Crippen LogP contribution is 2.20. The fourth-order valence-electron chi connectivity index (χ4n) is 4.53. The maximum absolute atomic E-state index is 13.3. The first-order valence-corrected chi connectivity index (χ1v) is 12.6. The third-order valence-corrected chi connectivity index (χ3v) is 6.39. The quantitative estimate of drug-likeness (QED) is 0.277. The summed E-state index contributed by atoms with van der Waals surface area (Å²) in [6.45, 7) is 4.12. The fourth-order valence-corrected chi connectivity index (χ4v) is 4.53. The molecule has 1 saturated heterocycles. The van der Waals surface area contributed by atoms with Crippen LogP contribution >= 0.6 is 0 Å². The second-order valence-corrected chi connectivity index (χ2v) is 9.86. The van der Waals surface area contributed by atoms with Gasteiger partial charge in [-0.1, -0.05) is 44.2 Å². The van der Waals surface area contributed by atoms with Crippen LogP contribution in [0.4, 0.5) is 0 Å². The number of carbonyl (C=O) groups excluding carboxylic acids is 3. The van der Waals surface area contributed by atoms with E-state index in [2.05, 4.69) is 20.6 Å². The molecule has 2 aromatic rings. The average molecular weight is 513 g/mol. The zero-order valence-electron chi connectivity index (χ0n) is 21.2. The van der Waals surface area contributed by atoms with Crippen LogP contribution in [0.15, 0.2) is 42.9 Å². The van der Waals surface area contributed by atoms with Crippen LogP contribution in [0, 0.1) is 5.92 Å². The zero-order valence-corrected chi connectivity index (χ0v) is 21.2. The summed E-state index contributed by atoms with van der Waals surface area (Å²) in [4.78, 5) is 59.6. The smallest absolute Gasteiger partial charge is 0.326 e. The lowest BCUT2D eigenvalue weighted by Gasteiger charge is -2.28. The Balaban J connectivity index is 1.70. The van der Waals surface area contributed by atoms with Crippen LogP contribution in [0.2, 0.25) is 0 Å². The molecule has 1 aliphatic rings. The number of nitrogens with one attached hydrogen (secondary N) is 3. The Kier molecular flexibility index (Phi) is 9.78. The summed E-state index contributed by atoms with van der Waals surface area (Å²) < 4.78 is 0. The Morgan fingerprint density at radius 1 is 1.14 bits per heavy atom. The van der Waals surface area contributed by atoms with Crippen molar-refractivity contribution >= 4 is 23.7 Å². The van der Waals surface area contributed by atoms with Crippen LogP contribution in [-0.2, 0) is 32.0 Å². The van der Waals surface area contributed by atoms with Crippen molar-refractivity contribution in [2.45, 2.75) is 70.1 Å². The van der Waals surface area contributed by atoms with E-state index in [1.54, 1.807) is 0 Å². The van der Waals surface area contributed by atoms with E-state index in [1.165, 1.54) is 17.4 Å². The zero-order chi connectivity index (χ0) is 26.9. The van der Waals surface area contributed by atoms with Crippen molar-refractivity contribution in [1.82, 2.24) is 25.5 Å². The summed E-state index contributed by atoms with van der Waals surface area (Å²) in [5, 5.41) is 14.8. The van der Waals surface area contributed by atoms with Gasteiger partial charge in [-0.05, 0) is 37.2 Å². The van der Waals surface area contributed by atoms with E-state index in [1.807, 2.05) is 44.2 Å². The summed E-state index contributed by atoms with van der Waals surface area (Å²) in [7, 11) is 0. The number of H-pyrrole nitrogens is 1. The van der Waals surface area contributed by atoms with Crippen LogP contribution in [0.5, 0.6) is 0 Å². The highest BCUT2D eigenvalue weighted by molar-refractivity contribution is 5.94. The third kappa shape index (κ3) is 7.88. The number of carbonyl (C=O) groups is 4. The van der Waals surface area contributed by atoms with Crippen molar-refractivity contribution in [3.63, 3.8) is 0 Å². The Morgan fingerprint density at radius 2 is 1.86 bits per heavy atom. The number of aliphatic carboxylic acids is 1. The van der Waals surface area contributed by atoms with E-state index in [9.17, 15) is 24.3 Å². The van der Waals surface area contributed by atoms with Crippen LogP contribution < -0.4 is 16.4 Å². The normalized spacial score (nSPS) is 17.7. The van der Waals surface area contributed by atoms with Crippen molar-refractivity contribution in [3.8, 4) is 0 Å². The lowest BCUT2D eigenvalue weighted by atomic mass is 10.0. The highest BCUT2D eigenvalue weighted by Gasteiger charge is 2.38. The van der Waals surface area contributed by atoms with Gasteiger partial charge in [0.1, 0.15) is 18.1 Å². The number of benzene rings is 1. The fraction of sp³-hybridized carbons (Fsp3) is 0.500. The van der Waals surface area contributed by atoms with Crippen LogP contribution in [0.1, 0.15) is 44.4 Å². The van der Waals surface area contributed by atoms with E-state index >= 15 is 0 Å². The van der Waals surface area contributed by atoms with Gasteiger partial charge in [0.05, 0.1) is 12.4 Å². The number of amides is 3. The van der Waals surface area contributed by atoms with Gasteiger partial charge in [0.2, 0.25) is 17.7 Å². The lowest BCUT2D eigenvalue weighted by molar-refractivity contribution is -0.143. The molecule has 3 rings (SSSR count). The Bertz CT molecular complexity index is 1060. The number of rotatable bonds is 12. The number of aromatic amines is 1. The molecule has 6 N–H and O–H groups in total. The number of nitrogens with two attached hydrogens (primary N) is 1. The number of hydrogen-bond acceptors (Lipinski definition) is 6. The number of aromatic nitrogens is 2. The molecule has 3 amide bonds. The molecular weight excluding hydrogens is 476 g/mol. The molecule has 200 valence electrons. The molecule has 0 spiro atoms. The molecule has 0 bridgehead atoms. The van der Waals surface area contributed by atoms with Gasteiger partial charge in [-0.3, -0.25) is 14.4 Å². The second kappa shape index (κ2) is 13.0. The predicted octanol–water partition coefficient (Wildman–Crippen LogP) is 0.614. The van der Waals surface area contributed by atoms with Gasteiger partial charge in [0.25, 0.3) is 0 Å². The molecular formula is C26H36N6O5. The first-order chi connectivity index (χ1) is 17.7. The van der Waals surface area contributed by atoms with Crippen LogP contribution in [0.25, 0.3) is 0 Å². The predicted molar refractivity (Wildman–Crippen MR) is 136 cm³/mol. The van der Waals surface area contributed by atoms with Crippen molar-refractivity contribution in [2.24, 2.45) is 11.7 Å². The number of hydrogen-bond donors (Lipinski definition) is 5. The molecule has 0 radical (unpaired) electrons. The molecule has 0 aliphatic carbocycles. The first kappa shape index (κ1) is 27.9. The summed E-state index contributed by atoms with van der Waals surface area (Å²) in [6.07, 6.45) is 4.74. The van der Waals surface area contributed by atoms with E-state index in [0.29, 0.717) is 31.5 Å². The molecule has 11 nitrogen and oxygen atoms in total. The largest absolute Gasteiger partial charge is 0.480 e. The van der Waals surface area contributed by atoms with E-state index < -0.39 is 42.0 Å². The first-order valence-electron chi connectivity index (χ1n) is 12.6. The van der Waals surface area contributed by atoms with Crippen LogP contribution in [0.3, 0.4) is 0 Å². The number of nitrogens with zero attached hydrogens (tertiary/aromatic N) is 2. The SMILES string of the molecule is CC(C)CC(NC(=O)C(Cc1cnc[nH]1)NC(=O)C1CCCN1C(=O)C(N)Cc1ccccc1)C(=O)O. The summed E-state index contributed by atoms with van der Waals surface area (Å²) in [5.74, 6) is -2.52. The van der Waals surface area contributed by atoms with Gasteiger partial charge < -0.3 is 31.4 Å². The number of carboxylic acids is 1. The Labute approximate surface area is 216 Å². The molecule has 37 heavy (non-hydrogen) atoms. The van der Waals surface area contributed by atoms with Crippen LogP contribution in [-0.4, -0.2) is 74.4 Å². The van der Waals surface area contributed by atoms with Gasteiger partial charge in [0, 0.05) is 24.9 Å². The molecule has 11 heteroatoms. The number of likely N-dealkylation sites (tertiary alicyclic amines) is 1. The summed E-state index contributed by atoms with van der Waals surface area (Å²) >= 11 is 0. The highest BCUT2D eigenvalue weighted by atomic mass is 16.4. The standard InChI is InChI=1S/C26H36N6O5/c1-16(2)11-21(26(36)37)31-23(33)20(13-18-14-28-15-29-18)30-24(34)22-9-6-10-32(22)25(35)19(27)12-17-7-4-3-5-8-17/h3-5,7-8,14-16,19-22H,6,9-13,27H2,1-2H3,(H,28,29)(H,30,34)(H,31,33)(H,36,37). The second-order valence-electron chi connectivity index (χ2n) is 9.86. The van der Waals surface area contributed by atoms with E-state index in [0.717, 1.165) is 5.56 Å². The summed E-state index contributed by atoms with van der Waals surface area (Å²) in [6, 6.07) is 5.71. The van der Waals surface area contributed by atoms with Gasteiger partial charge >= 0.3 is 5.97 Å². The third-order valence-electron chi connectivity index (χ3n) is 6.39.